The molecule has 0 unspecified atom stereocenters. The zero-order valence-corrected chi connectivity index (χ0v) is 15.0. The Morgan fingerprint density at radius 1 is 1.26 bits per heavy atom. The van der Waals surface area contributed by atoms with Crippen molar-refractivity contribution in [1.29, 1.82) is 0 Å². The number of imidazole rings is 1. The van der Waals surface area contributed by atoms with E-state index in [-0.39, 0.29) is 5.91 Å². The molecule has 9 nitrogen and oxygen atoms in total. The largest absolute Gasteiger partial charge is 0.368 e. The van der Waals surface area contributed by atoms with E-state index < -0.39 is 0 Å². The third-order valence-electron chi connectivity index (χ3n) is 4.54. The number of anilines is 2. The lowest BCUT2D eigenvalue weighted by atomic mass is 10.3. The van der Waals surface area contributed by atoms with Gasteiger partial charge in [-0.05, 0) is 24.5 Å². The Hall–Kier alpha value is -3.23. The molecular formula is C18H22N8O. The van der Waals surface area contributed by atoms with Crippen molar-refractivity contribution in [3.8, 4) is 0 Å². The van der Waals surface area contributed by atoms with Gasteiger partial charge in [0.1, 0.15) is 11.8 Å². The van der Waals surface area contributed by atoms with Gasteiger partial charge in [0.25, 0.3) is 0 Å². The lowest BCUT2D eigenvalue weighted by Gasteiger charge is -2.15. The smallest absolute Gasteiger partial charge is 0.222 e. The average Bonchev–Trinajstić information content (AvgIpc) is 3.30. The second kappa shape index (κ2) is 7.98. The minimum atomic E-state index is 0.261. The van der Waals surface area contributed by atoms with Gasteiger partial charge in [0, 0.05) is 45.0 Å². The third-order valence-corrected chi connectivity index (χ3v) is 4.54. The van der Waals surface area contributed by atoms with E-state index in [0.29, 0.717) is 24.6 Å². The first kappa shape index (κ1) is 17.2. The number of aromatic amines is 1. The number of amides is 1. The summed E-state index contributed by atoms with van der Waals surface area (Å²) in [5.74, 6) is 1.62. The maximum absolute atomic E-state index is 11.6. The van der Waals surface area contributed by atoms with E-state index in [4.69, 9.17) is 0 Å². The highest BCUT2D eigenvalue weighted by atomic mass is 16.2. The first-order valence-electron chi connectivity index (χ1n) is 9.15. The molecule has 1 aliphatic heterocycles. The fourth-order valence-corrected chi connectivity index (χ4v) is 3.15. The number of fused-ring (bicyclic) bond motifs is 1. The molecule has 0 bridgehead atoms. The minimum absolute atomic E-state index is 0.261. The van der Waals surface area contributed by atoms with Crippen LogP contribution in [-0.4, -0.2) is 55.4 Å². The molecule has 3 aromatic rings. The van der Waals surface area contributed by atoms with Crippen molar-refractivity contribution in [2.75, 3.05) is 30.3 Å². The zero-order chi connectivity index (χ0) is 18.5. The molecule has 1 fully saturated rings. The fraction of sp³-hybridized carbons (Fsp3) is 0.389. The average molecular weight is 366 g/mol. The van der Waals surface area contributed by atoms with Crippen LogP contribution in [0.25, 0.3) is 11.2 Å². The van der Waals surface area contributed by atoms with Crippen LogP contribution < -0.4 is 10.6 Å². The molecule has 4 heterocycles. The quantitative estimate of drug-likeness (QED) is 0.521. The van der Waals surface area contributed by atoms with Gasteiger partial charge in [-0.3, -0.25) is 9.78 Å². The number of H-pyrrole nitrogens is 1. The van der Waals surface area contributed by atoms with Crippen molar-refractivity contribution < 1.29 is 4.79 Å². The monoisotopic (exact) mass is 366 g/mol. The van der Waals surface area contributed by atoms with Crippen molar-refractivity contribution in [3.05, 3.63) is 36.4 Å². The fourth-order valence-electron chi connectivity index (χ4n) is 3.15. The van der Waals surface area contributed by atoms with Crippen LogP contribution in [0.15, 0.2) is 30.9 Å². The Bertz CT molecular complexity index is 910. The summed E-state index contributed by atoms with van der Waals surface area (Å²) in [5.41, 5.74) is 2.44. The number of nitrogens with zero attached hydrogens (tertiary/aromatic N) is 5. The summed E-state index contributed by atoms with van der Waals surface area (Å²) in [4.78, 5) is 33.9. The van der Waals surface area contributed by atoms with Crippen LogP contribution in [0.4, 0.5) is 11.8 Å². The van der Waals surface area contributed by atoms with Crippen molar-refractivity contribution in [1.82, 2.24) is 29.8 Å². The topological polar surface area (TPSA) is 112 Å². The molecular weight excluding hydrogens is 344 g/mol. The van der Waals surface area contributed by atoms with Crippen LogP contribution in [0.1, 0.15) is 24.8 Å². The van der Waals surface area contributed by atoms with Crippen molar-refractivity contribution in [2.45, 2.75) is 25.8 Å². The summed E-state index contributed by atoms with van der Waals surface area (Å²) in [7, 11) is 0. The number of carbonyl (C=O) groups excluding carboxylic acids is 1. The summed E-state index contributed by atoms with van der Waals surface area (Å²) >= 11 is 0. The van der Waals surface area contributed by atoms with Crippen LogP contribution in [0.2, 0.25) is 0 Å². The minimum Gasteiger partial charge on any atom is -0.368 e. The van der Waals surface area contributed by atoms with Gasteiger partial charge in [-0.15, -0.1) is 0 Å². The van der Waals surface area contributed by atoms with E-state index >= 15 is 0 Å². The van der Waals surface area contributed by atoms with Gasteiger partial charge in [0.2, 0.25) is 11.9 Å². The van der Waals surface area contributed by atoms with Gasteiger partial charge in [0.15, 0.2) is 11.5 Å². The van der Waals surface area contributed by atoms with Crippen molar-refractivity contribution in [3.63, 3.8) is 0 Å². The van der Waals surface area contributed by atoms with Crippen molar-refractivity contribution in [2.24, 2.45) is 0 Å². The lowest BCUT2D eigenvalue weighted by molar-refractivity contribution is -0.127. The van der Waals surface area contributed by atoms with Gasteiger partial charge in [-0.1, -0.05) is 6.07 Å². The SMILES string of the molecule is O=C1CCCN1CCCNc1ncnc2nc(NCc3cccnc3)[nH]c12. The van der Waals surface area contributed by atoms with E-state index in [0.717, 1.165) is 49.4 Å². The normalized spacial score (nSPS) is 14.1. The number of rotatable bonds is 8. The molecule has 0 aromatic carbocycles. The molecule has 4 rings (SSSR count). The number of pyridine rings is 1. The van der Waals surface area contributed by atoms with E-state index in [2.05, 4.69) is 35.6 Å². The van der Waals surface area contributed by atoms with Gasteiger partial charge < -0.3 is 20.5 Å². The van der Waals surface area contributed by atoms with E-state index in [9.17, 15) is 4.79 Å². The molecule has 9 heteroatoms. The van der Waals surface area contributed by atoms with Gasteiger partial charge >= 0.3 is 0 Å². The van der Waals surface area contributed by atoms with Crippen LogP contribution >= 0.6 is 0 Å². The van der Waals surface area contributed by atoms with Crippen LogP contribution in [0.3, 0.4) is 0 Å². The first-order chi connectivity index (χ1) is 13.3. The Morgan fingerprint density at radius 3 is 3.04 bits per heavy atom. The number of likely N-dealkylation sites (tertiary alicyclic amines) is 1. The number of hydrogen-bond acceptors (Lipinski definition) is 7. The number of carbonyl (C=O) groups is 1. The van der Waals surface area contributed by atoms with Crippen LogP contribution in [0, 0.1) is 0 Å². The summed E-state index contributed by atoms with van der Waals surface area (Å²) in [5, 5.41) is 6.56. The predicted octanol–water partition coefficient (Wildman–Crippen LogP) is 1.78. The second-order valence-corrected chi connectivity index (χ2v) is 6.49. The Morgan fingerprint density at radius 2 is 2.22 bits per heavy atom. The number of aromatic nitrogens is 5. The summed E-state index contributed by atoms with van der Waals surface area (Å²) in [6, 6.07) is 3.90. The molecule has 0 aliphatic carbocycles. The standard InChI is InChI=1S/C18H22N8O/c27-14-5-2-8-26(14)9-3-7-20-16-15-17(23-12-22-16)25-18(24-15)21-11-13-4-1-6-19-10-13/h1,4,6,10,12H,2-3,5,7-9,11H2,(H3,20,21,22,23,24,25). The van der Waals surface area contributed by atoms with Gasteiger partial charge in [-0.2, -0.15) is 4.98 Å². The highest BCUT2D eigenvalue weighted by molar-refractivity contribution is 5.84. The van der Waals surface area contributed by atoms with Crippen LogP contribution in [0.5, 0.6) is 0 Å². The Balaban J connectivity index is 1.35. The molecule has 27 heavy (non-hydrogen) atoms. The van der Waals surface area contributed by atoms with E-state index in [1.807, 2.05) is 23.2 Å². The van der Waals surface area contributed by atoms with E-state index in [1.54, 1.807) is 6.20 Å². The molecule has 0 spiro atoms. The van der Waals surface area contributed by atoms with E-state index in [1.165, 1.54) is 6.33 Å². The first-order valence-corrected chi connectivity index (χ1v) is 9.15. The zero-order valence-electron chi connectivity index (χ0n) is 15.0. The molecule has 0 atom stereocenters. The maximum Gasteiger partial charge on any atom is 0.222 e. The summed E-state index contributed by atoms with van der Waals surface area (Å²) in [6.45, 7) is 3.01. The number of nitrogens with one attached hydrogen (secondary N) is 3. The summed E-state index contributed by atoms with van der Waals surface area (Å²) < 4.78 is 0. The molecule has 1 saturated heterocycles. The number of hydrogen-bond donors (Lipinski definition) is 3. The second-order valence-electron chi connectivity index (χ2n) is 6.49. The highest BCUT2D eigenvalue weighted by Gasteiger charge is 2.19. The predicted molar refractivity (Wildman–Crippen MR) is 102 cm³/mol. The van der Waals surface area contributed by atoms with Gasteiger partial charge in [0.05, 0.1) is 0 Å². The Kier molecular flexibility index (Phi) is 5.08. The highest BCUT2D eigenvalue weighted by Crippen LogP contribution is 2.19. The molecule has 1 aliphatic rings. The molecule has 3 aromatic heterocycles. The lowest BCUT2D eigenvalue weighted by Crippen LogP contribution is -2.27. The third kappa shape index (κ3) is 4.13. The van der Waals surface area contributed by atoms with Crippen molar-refractivity contribution >= 4 is 28.8 Å². The molecule has 0 saturated carbocycles. The van der Waals surface area contributed by atoms with Crippen LogP contribution in [-0.2, 0) is 11.3 Å². The maximum atomic E-state index is 11.6. The molecule has 0 radical (unpaired) electrons. The summed E-state index contributed by atoms with van der Waals surface area (Å²) in [6.07, 6.45) is 7.59. The Labute approximate surface area is 156 Å². The molecule has 140 valence electrons. The van der Waals surface area contributed by atoms with Gasteiger partial charge in [-0.25, -0.2) is 9.97 Å². The molecule has 1 amide bonds. The molecule has 3 N–H and O–H groups in total.